The first-order valence-electron chi connectivity index (χ1n) is 7.78. The minimum absolute atomic E-state index is 0.0433. The summed E-state index contributed by atoms with van der Waals surface area (Å²) in [5.74, 6) is 0.0433. The Labute approximate surface area is 142 Å². The normalized spacial score (nSPS) is 12.4. The van der Waals surface area contributed by atoms with E-state index in [1.807, 2.05) is 58.2 Å². The van der Waals surface area contributed by atoms with Gasteiger partial charge in [0.25, 0.3) is 5.91 Å². The molecule has 6 heteroatoms. The lowest BCUT2D eigenvalue weighted by molar-refractivity contribution is -0.885. The van der Waals surface area contributed by atoms with Gasteiger partial charge in [0.2, 0.25) is 0 Å². The highest BCUT2D eigenvalue weighted by Crippen LogP contribution is 2.22. The molecule has 1 aromatic carbocycles. The molecule has 0 saturated carbocycles. The highest BCUT2D eigenvalue weighted by atomic mass is 35.5. The van der Waals surface area contributed by atoms with Crippen LogP contribution in [0.3, 0.4) is 0 Å². The summed E-state index contributed by atoms with van der Waals surface area (Å²) in [5, 5.41) is 8.05. The van der Waals surface area contributed by atoms with Gasteiger partial charge in [-0.05, 0) is 32.9 Å². The van der Waals surface area contributed by atoms with Gasteiger partial charge in [0.15, 0.2) is 6.54 Å². The number of quaternary nitrogens is 1. The number of aromatic nitrogens is 2. The van der Waals surface area contributed by atoms with Crippen LogP contribution in [0.15, 0.2) is 30.3 Å². The van der Waals surface area contributed by atoms with Crippen LogP contribution in [0.4, 0.5) is 0 Å². The summed E-state index contributed by atoms with van der Waals surface area (Å²) in [6.07, 6.45) is 0. The molecule has 1 unspecified atom stereocenters. The van der Waals surface area contributed by atoms with E-state index in [1.54, 1.807) is 4.68 Å². The van der Waals surface area contributed by atoms with Crippen LogP contribution in [0.25, 0.3) is 5.69 Å². The molecule has 1 heterocycles. The van der Waals surface area contributed by atoms with Crippen LogP contribution in [-0.4, -0.2) is 35.3 Å². The molecule has 0 aliphatic carbocycles. The van der Waals surface area contributed by atoms with Crippen molar-refractivity contribution in [1.29, 1.82) is 0 Å². The van der Waals surface area contributed by atoms with Crippen molar-refractivity contribution in [3.8, 4) is 5.69 Å². The van der Waals surface area contributed by atoms with E-state index < -0.39 is 0 Å². The van der Waals surface area contributed by atoms with Gasteiger partial charge in [-0.2, -0.15) is 5.10 Å². The van der Waals surface area contributed by atoms with Crippen LogP contribution in [0, 0.1) is 6.92 Å². The third-order valence-corrected chi connectivity index (χ3v) is 3.90. The topological polar surface area (TPSA) is 51.4 Å². The summed E-state index contributed by atoms with van der Waals surface area (Å²) in [6, 6.07) is 9.96. The molecule has 0 aliphatic rings. The molecule has 124 valence electrons. The van der Waals surface area contributed by atoms with Gasteiger partial charge in [-0.25, -0.2) is 4.68 Å². The fraction of sp³-hybridized carbons (Fsp3) is 0.412. The lowest BCUT2D eigenvalue weighted by Crippen LogP contribution is -3.09. The molecular formula is C17H24ClN4O+. The molecule has 2 aromatic rings. The minimum Gasteiger partial charge on any atom is -0.349 e. The number of aryl methyl sites for hydroxylation is 1. The first-order chi connectivity index (χ1) is 10.9. The highest BCUT2D eigenvalue weighted by Gasteiger charge is 2.19. The molecule has 0 aliphatic heterocycles. The number of halogens is 1. The summed E-state index contributed by atoms with van der Waals surface area (Å²) in [4.78, 5) is 12.9. The van der Waals surface area contributed by atoms with Gasteiger partial charge in [0.05, 0.1) is 24.0 Å². The fourth-order valence-corrected chi connectivity index (χ4v) is 2.82. The summed E-state index contributed by atoms with van der Waals surface area (Å²) in [7, 11) is 1.98. The van der Waals surface area contributed by atoms with Gasteiger partial charge in [-0.1, -0.05) is 29.8 Å². The Morgan fingerprint density at radius 3 is 2.61 bits per heavy atom. The Kier molecular flexibility index (Phi) is 5.80. The molecule has 0 saturated heterocycles. The van der Waals surface area contributed by atoms with Gasteiger partial charge >= 0.3 is 0 Å². The van der Waals surface area contributed by atoms with Crippen LogP contribution >= 0.6 is 11.6 Å². The van der Waals surface area contributed by atoms with Crippen LogP contribution < -0.4 is 10.2 Å². The highest BCUT2D eigenvalue weighted by molar-refractivity contribution is 6.30. The first-order valence-corrected chi connectivity index (χ1v) is 8.16. The molecular weight excluding hydrogens is 312 g/mol. The molecule has 0 spiro atoms. The number of hydrogen-bond donors (Lipinski definition) is 2. The summed E-state index contributed by atoms with van der Waals surface area (Å²) in [6.45, 7) is 6.92. The zero-order valence-corrected chi connectivity index (χ0v) is 14.8. The third-order valence-electron chi connectivity index (χ3n) is 3.51. The van der Waals surface area contributed by atoms with Crippen LogP contribution in [-0.2, 0) is 11.3 Å². The number of benzene rings is 1. The molecule has 23 heavy (non-hydrogen) atoms. The molecule has 1 aromatic heterocycles. The Balaban J connectivity index is 2.12. The van der Waals surface area contributed by atoms with E-state index in [0.717, 1.165) is 21.8 Å². The Morgan fingerprint density at radius 1 is 1.35 bits per heavy atom. The number of nitrogens with one attached hydrogen (secondary N) is 2. The van der Waals surface area contributed by atoms with E-state index in [2.05, 4.69) is 10.4 Å². The zero-order valence-electron chi connectivity index (χ0n) is 14.1. The average molecular weight is 336 g/mol. The van der Waals surface area contributed by atoms with Crippen LogP contribution in [0.1, 0.15) is 25.1 Å². The van der Waals surface area contributed by atoms with E-state index in [0.29, 0.717) is 18.2 Å². The maximum absolute atomic E-state index is 11.9. The second-order valence-corrected chi connectivity index (χ2v) is 6.49. The minimum atomic E-state index is 0.0433. The van der Waals surface area contributed by atoms with Crippen LogP contribution in [0.2, 0.25) is 5.15 Å². The first kappa shape index (κ1) is 17.5. The SMILES string of the molecule is Cc1nn(-c2ccccc2)c(Cl)c1C[NH+](C)CC(=O)NC(C)C. The Bertz CT molecular complexity index is 667. The maximum atomic E-state index is 11.9. The number of rotatable bonds is 6. The second-order valence-electron chi connectivity index (χ2n) is 6.14. The molecule has 2 N–H and O–H groups in total. The molecule has 5 nitrogen and oxygen atoms in total. The lowest BCUT2D eigenvalue weighted by Gasteiger charge is -2.15. The largest absolute Gasteiger partial charge is 0.349 e. The number of para-hydroxylation sites is 1. The zero-order chi connectivity index (χ0) is 17.0. The van der Waals surface area contributed by atoms with E-state index in [-0.39, 0.29) is 11.9 Å². The predicted molar refractivity (Wildman–Crippen MR) is 92.0 cm³/mol. The van der Waals surface area contributed by atoms with Gasteiger partial charge in [-0.3, -0.25) is 4.79 Å². The predicted octanol–water partition coefficient (Wildman–Crippen LogP) is 1.37. The van der Waals surface area contributed by atoms with Crippen molar-refractivity contribution in [1.82, 2.24) is 15.1 Å². The van der Waals surface area contributed by atoms with Crippen molar-refractivity contribution < 1.29 is 9.69 Å². The quantitative estimate of drug-likeness (QED) is 0.838. The van der Waals surface area contributed by atoms with Crippen molar-refractivity contribution in [2.45, 2.75) is 33.4 Å². The molecule has 1 amide bonds. The number of carbonyl (C=O) groups excluding carboxylic acids is 1. The van der Waals surface area contributed by atoms with Crippen molar-refractivity contribution in [2.75, 3.05) is 13.6 Å². The van der Waals surface area contributed by atoms with E-state index >= 15 is 0 Å². The van der Waals surface area contributed by atoms with Crippen molar-refractivity contribution >= 4 is 17.5 Å². The van der Waals surface area contributed by atoms with E-state index in [1.165, 1.54) is 0 Å². The standard InChI is InChI=1S/C17H23ClN4O/c1-12(2)19-16(23)11-21(4)10-15-13(3)20-22(17(15)18)14-8-6-5-7-9-14/h5-9,12H,10-11H2,1-4H3,(H,19,23)/p+1. The summed E-state index contributed by atoms with van der Waals surface area (Å²) >= 11 is 6.52. The average Bonchev–Trinajstić information content (AvgIpc) is 2.75. The second kappa shape index (κ2) is 7.62. The fourth-order valence-electron chi connectivity index (χ4n) is 2.48. The molecule has 0 bridgehead atoms. The number of hydrogen-bond acceptors (Lipinski definition) is 2. The van der Waals surface area contributed by atoms with Gasteiger partial charge in [-0.15, -0.1) is 0 Å². The van der Waals surface area contributed by atoms with Gasteiger partial charge in [0.1, 0.15) is 11.7 Å². The number of carbonyl (C=O) groups is 1. The monoisotopic (exact) mass is 335 g/mol. The van der Waals surface area contributed by atoms with Gasteiger partial charge < -0.3 is 10.2 Å². The maximum Gasteiger partial charge on any atom is 0.275 e. The van der Waals surface area contributed by atoms with Crippen LogP contribution in [0.5, 0.6) is 0 Å². The smallest absolute Gasteiger partial charge is 0.275 e. The summed E-state index contributed by atoms with van der Waals surface area (Å²) in [5.41, 5.74) is 2.80. The Hall–Kier alpha value is -1.85. The van der Waals surface area contributed by atoms with E-state index in [9.17, 15) is 4.79 Å². The Morgan fingerprint density at radius 2 is 2.00 bits per heavy atom. The van der Waals surface area contributed by atoms with E-state index in [4.69, 9.17) is 11.6 Å². The number of likely N-dealkylation sites (N-methyl/N-ethyl adjacent to an activating group) is 1. The number of amides is 1. The summed E-state index contributed by atoms with van der Waals surface area (Å²) < 4.78 is 1.74. The van der Waals surface area contributed by atoms with Crippen molar-refractivity contribution in [2.24, 2.45) is 0 Å². The lowest BCUT2D eigenvalue weighted by atomic mass is 10.2. The molecule has 0 fully saturated rings. The number of nitrogens with zero attached hydrogens (tertiary/aromatic N) is 2. The molecule has 1 atom stereocenters. The molecule has 2 rings (SSSR count). The van der Waals surface area contributed by atoms with Crippen molar-refractivity contribution in [3.63, 3.8) is 0 Å². The van der Waals surface area contributed by atoms with Crippen molar-refractivity contribution in [3.05, 3.63) is 46.7 Å². The third kappa shape index (κ3) is 4.56. The molecule has 0 radical (unpaired) electrons. The van der Waals surface area contributed by atoms with Gasteiger partial charge in [0, 0.05) is 6.04 Å².